The van der Waals surface area contributed by atoms with Gasteiger partial charge in [0.25, 0.3) is 5.69 Å². The number of anilines is 2. The van der Waals surface area contributed by atoms with E-state index in [1.807, 2.05) is 22.7 Å². The summed E-state index contributed by atoms with van der Waals surface area (Å²) in [5.41, 5.74) is 2.21. The molecule has 0 radical (unpaired) electrons. The molecule has 2 aliphatic rings. The molecule has 0 spiro atoms. The second kappa shape index (κ2) is 8.95. The van der Waals surface area contributed by atoms with Gasteiger partial charge in [-0.05, 0) is 30.7 Å². The van der Waals surface area contributed by atoms with E-state index in [1.165, 1.54) is 17.0 Å². The minimum atomic E-state index is -0.388. The molecule has 8 heteroatoms. The van der Waals surface area contributed by atoms with E-state index in [9.17, 15) is 14.9 Å². The van der Waals surface area contributed by atoms with Crippen molar-refractivity contribution in [1.82, 2.24) is 4.90 Å². The summed E-state index contributed by atoms with van der Waals surface area (Å²) in [6.07, 6.45) is 1.06. The highest BCUT2D eigenvalue weighted by molar-refractivity contribution is 8.00. The Morgan fingerprint density at radius 2 is 1.77 bits per heavy atom. The third-order valence-corrected chi connectivity index (χ3v) is 6.96. The van der Waals surface area contributed by atoms with Gasteiger partial charge in [-0.1, -0.05) is 19.1 Å². The molecule has 1 saturated heterocycles. The van der Waals surface area contributed by atoms with Crippen molar-refractivity contribution in [1.29, 1.82) is 0 Å². The summed E-state index contributed by atoms with van der Waals surface area (Å²) in [4.78, 5) is 31.0. The number of carbonyl (C=O) groups excluding carboxylic acids is 1. The number of hydrogen-bond acceptors (Lipinski definition) is 6. The molecular weight excluding hydrogens is 400 g/mol. The van der Waals surface area contributed by atoms with Crippen LogP contribution in [-0.4, -0.2) is 60.2 Å². The maximum Gasteiger partial charge on any atom is 0.269 e. The van der Waals surface area contributed by atoms with Crippen LogP contribution in [0, 0.1) is 10.1 Å². The first-order valence-corrected chi connectivity index (χ1v) is 11.2. The number of nitro benzene ring substituents is 1. The van der Waals surface area contributed by atoms with Crippen molar-refractivity contribution in [3.05, 3.63) is 58.6 Å². The minimum Gasteiger partial charge on any atom is -0.368 e. The first kappa shape index (κ1) is 20.5. The van der Waals surface area contributed by atoms with E-state index in [4.69, 9.17) is 0 Å². The molecule has 2 aromatic rings. The van der Waals surface area contributed by atoms with E-state index in [2.05, 4.69) is 34.9 Å². The number of carbonyl (C=O) groups is 1. The first-order chi connectivity index (χ1) is 14.5. The van der Waals surface area contributed by atoms with Gasteiger partial charge in [0.05, 0.1) is 17.2 Å². The van der Waals surface area contributed by atoms with Crippen LogP contribution in [0.4, 0.5) is 17.1 Å². The van der Waals surface area contributed by atoms with Crippen LogP contribution in [0.15, 0.2) is 53.4 Å². The van der Waals surface area contributed by atoms with Gasteiger partial charge in [0, 0.05) is 60.7 Å². The Balaban J connectivity index is 1.36. The molecule has 2 aromatic carbocycles. The number of thioether (sulfide) groups is 1. The van der Waals surface area contributed by atoms with E-state index in [-0.39, 0.29) is 16.5 Å². The normalized spacial score (nSPS) is 19.2. The number of hydrogen-bond donors (Lipinski definition) is 0. The third-order valence-electron chi connectivity index (χ3n) is 5.72. The van der Waals surface area contributed by atoms with Crippen LogP contribution >= 0.6 is 11.8 Å². The zero-order chi connectivity index (χ0) is 21.1. The number of rotatable bonds is 4. The van der Waals surface area contributed by atoms with Crippen molar-refractivity contribution >= 4 is 34.7 Å². The molecule has 1 amide bonds. The Labute approximate surface area is 180 Å². The summed E-state index contributed by atoms with van der Waals surface area (Å²) in [5, 5.41) is 11.4. The van der Waals surface area contributed by atoms with Crippen molar-refractivity contribution < 1.29 is 9.72 Å². The largest absolute Gasteiger partial charge is 0.368 e. The van der Waals surface area contributed by atoms with Gasteiger partial charge in [-0.25, -0.2) is 0 Å². The fourth-order valence-electron chi connectivity index (χ4n) is 3.98. The maximum absolute atomic E-state index is 13.0. The lowest BCUT2D eigenvalue weighted by Crippen LogP contribution is -2.51. The van der Waals surface area contributed by atoms with E-state index < -0.39 is 0 Å². The van der Waals surface area contributed by atoms with Gasteiger partial charge in [0.1, 0.15) is 0 Å². The second-order valence-corrected chi connectivity index (χ2v) is 9.23. The van der Waals surface area contributed by atoms with Crippen LogP contribution in [0.2, 0.25) is 0 Å². The molecule has 30 heavy (non-hydrogen) atoms. The zero-order valence-corrected chi connectivity index (χ0v) is 17.9. The Kier molecular flexibility index (Phi) is 6.13. The standard InChI is InChI=1S/C22H26N4O3S/c1-17-10-11-25(20-4-2-3-5-21(20)30-17)16-22(27)24-14-12-23(13-15-24)18-6-8-19(9-7-18)26(28)29/h2-9,17H,10-16H2,1H3. The summed E-state index contributed by atoms with van der Waals surface area (Å²) in [6, 6.07) is 15.0. The third kappa shape index (κ3) is 4.53. The van der Waals surface area contributed by atoms with Gasteiger partial charge in [-0.15, -0.1) is 11.8 Å². The number of nitro groups is 1. The lowest BCUT2D eigenvalue weighted by molar-refractivity contribution is -0.384. The molecule has 1 atom stereocenters. The van der Waals surface area contributed by atoms with E-state index >= 15 is 0 Å². The summed E-state index contributed by atoms with van der Waals surface area (Å²) in [7, 11) is 0. The van der Waals surface area contributed by atoms with Gasteiger partial charge in [0.2, 0.25) is 5.91 Å². The smallest absolute Gasteiger partial charge is 0.269 e. The molecule has 0 aliphatic carbocycles. The molecular formula is C22H26N4O3S. The highest BCUT2D eigenvalue weighted by Crippen LogP contribution is 2.37. The molecule has 7 nitrogen and oxygen atoms in total. The molecule has 1 fully saturated rings. The molecule has 0 saturated carbocycles. The number of benzene rings is 2. The number of nitrogens with zero attached hydrogens (tertiary/aromatic N) is 4. The van der Waals surface area contributed by atoms with Crippen molar-refractivity contribution in [3.63, 3.8) is 0 Å². The summed E-state index contributed by atoms with van der Waals surface area (Å²) >= 11 is 1.88. The number of fused-ring (bicyclic) bond motifs is 1. The van der Waals surface area contributed by atoms with Crippen LogP contribution in [0.1, 0.15) is 13.3 Å². The molecule has 4 rings (SSSR count). The number of piperazine rings is 1. The average molecular weight is 427 g/mol. The topological polar surface area (TPSA) is 69.9 Å². The number of non-ortho nitro benzene ring substituents is 1. The predicted molar refractivity (Wildman–Crippen MR) is 120 cm³/mol. The first-order valence-electron chi connectivity index (χ1n) is 10.3. The quantitative estimate of drug-likeness (QED) is 0.549. The van der Waals surface area contributed by atoms with Crippen LogP contribution in [0.3, 0.4) is 0 Å². The highest BCUT2D eigenvalue weighted by atomic mass is 32.2. The van der Waals surface area contributed by atoms with Crippen molar-refractivity contribution in [3.8, 4) is 0 Å². The molecule has 2 aliphatic heterocycles. The van der Waals surface area contributed by atoms with Crippen LogP contribution in [0.5, 0.6) is 0 Å². The summed E-state index contributed by atoms with van der Waals surface area (Å²) in [5.74, 6) is 0.160. The molecule has 158 valence electrons. The number of amides is 1. The van der Waals surface area contributed by atoms with E-state index in [0.29, 0.717) is 24.9 Å². The minimum absolute atomic E-state index is 0.0952. The predicted octanol–water partition coefficient (Wildman–Crippen LogP) is 3.63. The fraction of sp³-hybridized carbons (Fsp3) is 0.409. The van der Waals surface area contributed by atoms with Crippen molar-refractivity contribution in [2.45, 2.75) is 23.5 Å². The Bertz CT molecular complexity index is 913. The molecule has 2 heterocycles. The lowest BCUT2D eigenvalue weighted by atomic mass is 10.2. The average Bonchev–Trinajstić information content (AvgIpc) is 2.92. The lowest BCUT2D eigenvalue weighted by Gasteiger charge is -2.37. The SMILES string of the molecule is CC1CCN(CC(=O)N2CCN(c3ccc([N+](=O)[O-])cc3)CC2)c2ccccc2S1. The molecule has 0 aromatic heterocycles. The van der Waals surface area contributed by atoms with Crippen molar-refractivity contribution in [2.75, 3.05) is 49.1 Å². The van der Waals surface area contributed by atoms with Gasteiger partial charge in [-0.3, -0.25) is 14.9 Å². The second-order valence-electron chi connectivity index (χ2n) is 7.75. The molecule has 0 N–H and O–H groups in total. The van der Waals surface area contributed by atoms with Gasteiger partial charge < -0.3 is 14.7 Å². The van der Waals surface area contributed by atoms with Crippen LogP contribution < -0.4 is 9.80 Å². The van der Waals surface area contributed by atoms with E-state index in [0.717, 1.165) is 37.4 Å². The van der Waals surface area contributed by atoms with Gasteiger partial charge in [0.15, 0.2) is 0 Å². The van der Waals surface area contributed by atoms with Crippen molar-refractivity contribution in [2.24, 2.45) is 0 Å². The van der Waals surface area contributed by atoms with Gasteiger partial charge >= 0.3 is 0 Å². The van der Waals surface area contributed by atoms with Gasteiger partial charge in [-0.2, -0.15) is 0 Å². The fourth-order valence-corrected chi connectivity index (χ4v) is 5.11. The maximum atomic E-state index is 13.0. The summed E-state index contributed by atoms with van der Waals surface area (Å²) in [6.45, 7) is 6.32. The van der Waals surface area contributed by atoms with Crippen LogP contribution in [-0.2, 0) is 4.79 Å². The zero-order valence-electron chi connectivity index (χ0n) is 17.1. The Morgan fingerprint density at radius 1 is 1.07 bits per heavy atom. The number of para-hydroxylation sites is 1. The Morgan fingerprint density at radius 3 is 2.47 bits per heavy atom. The molecule has 0 bridgehead atoms. The highest BCUT2D eigenvalue weighted by Gasteiger charge is 2.26. The summed E-state index contributed by atoms with van der Waals surface area (Å²) < 4.78 is 0. The monoisotopic (exact) mass is 426 g/mol. The molecule has 1 unspecified atom stereocenters. The van der Waals surface area contributed by atoms with E-state index in [1.54, 1.807) is 12.1 Å². The Hall–Kier alpha value is -2.74. The van der Waals surface area contributed by atoms with Crippen LogP contribution in [0.25, 0.3) is 0 Å².